The highest BCUT2D eigenvalue weighted by Crippen LogP contribution is 2.31. The van der Waals surface area contributed by atoms with Crippen molar-refractivity contribution >= 4 is 10.0 Å². The van der Waals surface area contributed by atoms with E-state index in [0.717, 1.165) is 24.3 Å². The van der Waals surface area contributed by atoms with Gasteiger partial charge in [-0.15, -0.1) is 0 Å². The quantitative estimate of drug-likeness (QED) is 0.633. The van der Waals surface area contributed by atoms with Crippen molar-refractivity contribution in [3.8, 4) is 17.6 Å². The van der Waals surface area contributed by atoms with Gasteiger partial charge in [0.15, 0.2) is 0 Å². The zero-order valence-electron chi connectivity index (χ0n) is 13.2. The molecule has 0 bridgehead atoms. The van der Waals surface area contributed by atoms with Gasteiger partial charge in [-0.05, 0) is 36.4 Å². The molecule has 0 saturated carbocycles. The molecular weight excluding hydrogens is 374 g/mol. The van der Waals surface area contributed by atoms with Gasteiger partial charge in [0, 0.05) is 0 Å². The molecule has 0 atom stereocenters. The summed E-state index contributed by atoms with van der Waals surface area (Å²) in [5, 5.41) is 0. The van der Waals surface area contributed by atoms with Gasteiger partial charge >= 0.3 is 6.18 Å². The molecule has 2 rings (SSSR count). The Balaban J connectivity index is 1.86. The molecule has 1 N–H and O–H groups in total. The average molecular weight is 387 g/mol. The molecule has 0 aromatic heterocycles. The smallest absolute Gasteiger partial charge is 0.416 e. The van der Waals surface area contributed by atoms with E-state index in [1.54, 1.807) is 0 Å². The van der Waals surface area contributed by atoms with Crippen LogP contribution in [0.5, 0.6) is 5.75 Å². The summed E-state index contributed by atoms with van der Waals surface area (Å²) in [4.78, 5) is -0.237. The van der Waals surface area contributed by atoms with Crippen LogP contribution in [-0.2, 0) is 16.2 Å². The van der Waals surface area contributed by atoms with E-state index in [1.165, 1.54) is 24.3 Å². The van der Waals surface area contributed by atoms with Gasteiger partial charge in [-0.25, -0.2) is 12.8 Å². The summed E-state index contributed by atoms with van der Waals surface area (Å²) < 4.78 is 81.7. The Morgan fingerprint density at radius 1 is 1.04 bits per heavy atom. The van der Waals surface area contributed by atoms with Crippen molar-refractivity contribution < 1.29 is 30.7 Å². The monoisotopic (exact) mass is 387 g/mol. The van der Waals surface area contributed by atoms with Crippen molar-refractivity contribution in [2.45, 2.75) is 11.1 Å². The Kier molecular flexibility index (Phi) is 6.23. The summed E-state index contributed by atoms with van der Waals surface area (Å²) in [5.74, 6) is 4.24. The fourth-order valence-corrected chi connectivity index (χ4v) is 2.80. The fraction of sp³-hybridized carbons (Fsp3) is 0.176. The molecule has 0 amide bonds. The largest absolute Gasteiger partial charge is 0.481 e. The fourth-order valence-electron chi connectivity index (χ4n) is 1.84. The van der Waals surface area contributed by atoms with Crippen molar-refractivity contribution in [2.75, 3.05) is 13.2 Å². The first-order valence-electron chi connectivity index (χ1n) is 7.19. The van der Waals surface area contributed by atoms with Gasteiger partial charge in [0.2, 0.25) is 10.0 Å². The van der Waals surface area contributed by atoms with E-state index in [1.807, 2.05) is 0 Å². The lowest BCUT2D eigenvalue weighted by atomic mass is 10.2. The summed E-state index contributed by atoms with van der Waals surface area (Å²) in [6.45, 7) is -0.478. The standard InChI is InChI=1S/C17H13F4NO3S/c18-14-6-4-8-16(12-14)26(23,24)22-9-1-2-10-25-15-7-3-5-13(11-15)17(19,20)21/h3-8,11-12,22H,9-10H2. The van der Waals surface area contributed by atoms with Crippen LogP contribution in [0.4, 0.5) is 17.6 Å². The van der Waals surface area contributed by atoms with Crippen molar-refractivity contribution in [2.24, 2.45) is 0 Å². The predicted molar refractivity (Wildman–Crippen MR) is 86.3 cm³/mol. The Bertz CT molecular complexity index is 931. The molecule has 0 aliphatic rings. The third-order valence-electron chi connectivity index (χ3n) is 3.05. The number of rotatable bonds is 5. The number of benzene rings is 2. The first-order chi connectivity index (χ1) is 12.2. The van der Waals surface area contributed by atoms with Crippen molar-refractivity contribution in [1.29, 1.82) is 0 Å². The van der Waals surface area contributed by atoms with E-state index in [2.05, 4.69) is 16.6 Å². The van der Waals surface area contributed by atoms with E-state index in [-0.39, 0.29) is 23.8 Å². The predicted octanol–water partition coefficient (Wildman–Crippen LogP) is 3.21. The lowest BCUT2D eigenvalue weighted by Crippen LogP contribution is -2.24. The van der Waals surface area contributed by atoms with Gasteiger partial charge in [-0.2, -0.15) is 17.9 Å². The highest BCUT2D eigenvalue weighted by molar-refractivity contribution is 7.89. The minimum Gasteiger partial charge on any atom is -0.481 e. The van der Waals surface area contributed by atoms with Crippen LogP contribution in [-0.4, -0.2) is 21.6 Å². The van der Waals surface area contributed by atoms with Crippen molar-refractivity contribution in [3.05, 3.63) is 59.9 Å². The van der Waals surface area contributed by atoms with Crippen LogP contribution in [0, 0.1) is 17.7 Å². The summed E-state index contributed by atoms with van der Waals surface area (Å²) in [6, 6.07) is 8.79. The molecule has 2 aromatic carbocycles. The van der Waals surface area contributed by atoms with Crippen LogP contribution in [0.2, 0.25) is 0 Å². The minimum atomic E-state index is -4.47. The second-order valence-corrected chi connectivity index (χ2v) is 6.72. The number of ether oxygens (including phenoxy) is 1. The van der Waals surface area contributed by atoms with Crippen LogP contribution >= 0.6 is 0 Å². The summed E-state index contributed by atoms with van der Waals surface area (Å²) in [7, 11) is -3.90. The average Bonchev–Trinajstić information content (AvgIpc) is 2.57. The topological polar surface area (TPSA) is 55.4 Å². The lowest BCUT2D eigenvalue weighted by Gasteiger charge is -2.08. The lowest BCUT2D eigenvalue weighted by molar-refractivity contribution is -0.137. The molecule has 0 saturated heterocycles. The zero-order chi connectivity index (χ0) is 19.2. The summed E-state index contributed by atoms with van der Waals surface area (Å²) in [5.41, 5.74) is -0.842. The van der Waals surface area contributed by atoms with E-state index < -0.39 is 27.6 Å². The molecule has 0 aliphatic heterocycles. The maximum absolute atomic E-state index is 13.0. The number of halogens is 4. The molecule has 0 radical (unpaired) electrons. The number of nitrogens with one attached hydrogen (secondary N) is 1. The van der Waals surface area contributed by atoms with Gasteiger partial charge in [0.05, 0.1) is 17.0 Å². The van der Waals surface area contributed by atoms with Crippen LogP contribution in [0.1, 0.15) is 5.56 Å². The molecule has 26 heavy (non-hydrogen) atoms. The minimum absolute atomic E-state index is 0.00512. The summed E-state index contributed by atoms with van der Waals surface area (Å²) in [6.07, 6.45) is -4.47. The van der Waals surface area contributed by atoms with Gasteiger partial charge in [-0.3, -0.25) is 0 Å². The van der Waals surface area contributed by atoms with E-state index >= 15 is 0 Å². The molecule has 2 aromatic rings. The first-order valence-corrected chi connectivity index (χ1v) is 8.68. The molecule has 4 nitrogen and oxygen atoms in total. The van der Waals surface area contributed by atoms with E-state index in [0.29, 0.717) is 0 Å². The van der Waals surface area contributed by atoms with Crippen LogP contribution in [0.25, 0.3) is 0 Å². The molecular formula is C17H13F4NO3S. The Labute approximate surface area is 147 Å². The Morgan fingerprint density at radius 2 is 1.77 bits per heavy atom. The second-order valence-electron chi connectivity index (χ2n) is 4.95. The first kappa shape index (κ1) is 19.8. The third-order valence-corrected chi connectivity index (χ3v) is 4.45. The third kappa shape index (κ3) is 5.75. The molecule has 0 fully saturated rings. The molecule has 9 heteroatoms. The Morgan fingerprint density at radius 3 is 2.46 bits per heavy atom. The maximum Gasteiger partial charge on any atom is 0.416 e. The Hall–Kier alpha value is -2.57. The number of alkyl halides is 3. The van der Waals surface area contributed by atoms with E-state index in [9.17, 15) is 26.0 Å². The van der Waals surface area contributed by atoms with E-state index in [4.69, 9.17) is 4.74 Å². The van der Waals surface area contributed by atoms with Gasteiger partial charge in [0.25, 0.3) is 0 Å². The van der Waals surface area contributed by atoms with Crippen molar-refractivity contribution in [3.63, 3.8) is 0 Å². The highest BCUT2D eigenvalue weighted by Gasteiger charge is 2.30. The molecule has 0 heterocycles. The van der Waals surface area contributed by atoms with Crippen LogP contribution in [0.3, 0.4) is 0 Å². The number of hydrogen-bond acceptors (Lipinski definition) is 3. The summed E-state index contributed by atoms with van der Waals surface area (Å²) >= 11 is 0. The van der Waals surface area contributed by atoms with Crippen LogP contribution < -0.4 is 9.46 Å². The SMILES string of the molecule is O=S(=O)(NCC#CCOc1cccc(C(F)(F)F)c1)c1cccc(F)c1. The van der Waals surface area contributed by atoms with Crippen LogP contribution in [0.15, 0.2) is 53.4 Å². The number of sulfonamides is 1. The van der Waals surface area contributed by atoms with Gasteiger partial charge in [-0.1, -0.05) is 24.0 Å². The molecule has 0 aliphatic carbocycles. The maximum atomic E-state index is 13.0. The number of hydrogen-bond donors (Lipinski definition) is 1. The second kappa shape index (κ2) is 8.21. The molecule has 138 valence electrons. The highest BCUT2D eigenvalue weighted by atomic mass is 32.2. The van der Waals surface area contributed by atoms with Gasteiger partial charge < -0.3 is 4.74 Å². The molecule has 0 unspecified atom stereocenters. The van der Waals surface area contributed by atoms with Crippen molar-refractivity contribution in [1.82, 2.24) is 4.72 Å². The normalized spacial score (nSPS) is 11.5. The zero-order valence-corrected chi connectivity index (χ0v) is 14.0. The van der Waals surface area contributed by atoms with Gasteiger partial charge in [0.1, 0.15) is 18.2 Å². The molecule has 0 spiro atoms.